The van der Waals surface area contributed by atoms with Gasteiger partial charge in [0.1, 0.15) is 18.3 Å². The zero-order valence-electron chi connectivity index (χ0n) is 11.9. The number of aromatic amines is 1. The fourth-order valence-electron chi connectivity index (χ4n) is 2.49. The molecule has 1 aliphatic rings. The second-order valence-electron chi connectivity index (χ2n) is 5.07. The predicted octanol–water partition coefficient (Wildman–Crippen LogP) is -2.57. The highest BCUT2D eigenvalue weighted by molar-refractivity contribution is 7.46. The number of ether oxygens (including phenoxy) is 1. The van der Waals surface area contributed by atoms with Gasteiger partial charge < -0.3 is 30.5 Å². The van der Waals surface area contributed by atoms with Gasteiger partial charge in [-0.1, -0.05) is 0 Å². The Kier molecular flexibility index (Phi) is 4.17. The van der Waals surface area contributed by atoms with Crippen molar-refractivity contribution in [1.29, 1.82) is 0 Å². The van der Waals surface area contributed by atoms with E-state index in [0.29, 0.717) is 0 Å². The fraction of sp³-hybridized carbons (Fsp3) is 0.500. The Bertz CT molecular complexity index is 861. The van der Waals surface area contributed by atoms with E-state index < -0.39 is 44.5 Å². The maximum atomic E-state index is 11.8. The van der Waals surface area contributed by atoms with Crippen LogP contribution in [0.3, 0.4) is 0 Å². The minimum Gasteiger partial charge on any atom is -0.394 e. The molecule has 0 saturated carbocycles. The zero-order valence-corrected chi connectivity index (χ0v) is 12.8. The summed E-state index contributed by atoms with van der Waals surface area (Å²) < 4.78 is 22.2. The summed E-state index contributed by atoms with van der Waals surface area (Å²) in [6, 6.07) is 0. The minimum absolute atomic E-state index is 0.0358. The molecule has 3 rings (SSSR count). The van der Waals surface area contributed by atoms with Crippen molar-refractivity contribution in [3.8, 4) is 0 Å². The first-order chi connectivity index (χ1) is 11.2. The van der Waals surface area contributed by atoms with Crippen LogP contribution in [-0.2, 0) is 13.8 Å². The summed E-state index contributed by atoms with van der Waals surface area (Å²) >= 11 is 0. The third kappa shape index (κ3) is 2.93. The number of aromatic nitrogens is 4. The van der Waals surface area contributed by atoms with Crippen molar-refractivity contribution in [3.63, 3.8) is 0 Å². The number of hydrogen-bond donors (Lipinski definition) is 6. The quantitative estimate of drug-likeness (QED) is 0.311. The maximum Gasteiger partial charge on any atom is 0.470 e. The molecule has 13 nitrogen and oxygen atoms in total. The molecule has 24 heavy (non-hydrogen) atoms. The molecule has 0 bridgehead atoms. The van der Waals surface area contributed by atoms with Crippen molar-refractivity contribution in [2.24, 2.45) is 0 Å². The molecular weight excluding hydrogens is 349 g/mol. The molecule has 132 valence electrons. The van der Waals surface area contributed by atoms with Crippen LogP contribution in [-0.4, -0.2) is 64.4 Å². The summed E-state index contributed by atoms with van der Waals surface area (Å²) in [6.07, 6.45) is -4.42. The van der Waals surface area contributed by atoms with Gasteiger partial charge in [-0.2, -0.15) is 4.98 Å². The lowest BCUT2D eigenvalue weighted by atomic mass is 10.1. The number of imidazole rings is 1. The number of fused-ring (bicyclic) bond motifs is 1. The molecule has 0 aromatic carbocycles. The average molecular weight is 363 g/mol. The van der Waals surface area contributed by atoms with Gasteiger partial charge in [0.05, 0.1) is 12.9 Å². The monoisotopic (exact) mass is 363 g/mol. The van der Waals surface area contributed by atoms with Crippen LogP contribution in [0.4, 0.5) is 5.95 Å². The number of nitrogens with zero attached hydrogens (tertiary/aromatic N) is 3. The summed E-state index contributed by atoms with van der Waals surface area (Å²) in [5.41, 5.74) is 4.72. The molecule has 0 spiro atoms. The molecule has 2 aromatic heterocycles. The van der Waals surface area contributed by atoms with E-state index in [9.17, 15) is 19.6 Å². The lowest BCUT2D eigenvalue weighted by Gasteiger charge is -2.22. The Morgan fingerprint density at radius 1 is 1.50 bits per heavy atom. The molecule has 0 aliphatic carbocycles. The average Bonchev–Trinajstić information content (AvgIpc) is 3.00. The number of phosphoric ester groups is 1. The van der Waals surface area contributed by atoms with Crippen molar-refractivity contribution in [3.05, 3.63) is 16.7 Å². The smallest absolute Gasteiger partial charge is 0.394 e. The van der Waals surface area contributed by atoms with Crippen LogP contribution in [0.25, 0.3) is 11.2 Å². The number of nitrogen functional groups attached to an aromatic ring is 1. The highest BCUT2D eigenvalue weighted by Gasteiger charge is 2.48. The Balaban J connectivity index is 2.09. The molecular formula is C10H14N5O8P. The van der Waals surface area contributed by atoms with Crippen LogP contribution < -0.4 is 11.3 Å². The molecule has 2 aromatic rings. The van der Waals surface area contributed by atoms with E-state index >= 15 is 0 Å². The highest BCUT2D eigenvalue weighted by Crippen LogP contribution is 2.44. The van der Waals surface area contributed by atoms with Gasteiger partial charge in [-0.15, -0.1) is 0 Å². The van der Waals surface area contributed by atoms with Crippen molar-refractivity contribution in [2.45, 2.75) is 24.5 Å². The minimum atomic E-state index is -4.98. The summed E-state index contributed by atoms with van der Waals surface area (Å²) in [4.78, 5) is 39.8. The van der Waals surface area contributed by atoms with Crippen molar-refractivity contribution in [1.82, 2.24) is 19.5 Å². The number of phosphoric acid groups is 1. The molecule has 14 heteroatoms. The molecule has 7 N–H and O–H groups in total. The van der Waals surface area contributed by atoms with Gasteiger partial charge in [-0.25, -0.2) is 9.55 Å². The van der Waals surface area contributed by atoms with Crippen LogP contribution in [0.1, 0.15) is 6.23 Å². The van der Waals surface area contributed by atoms with Gasteiger partial charge in [-0.05, 0) is 0 Å². The normalized spacial score (nSPS) is 27.8. The number of aliphatic hydroxyl groups is 2. The van der Waals surface area contributed by atoms with Crippen LogP contribution in [0.5, 0.6) is 0 Å². The Labute approximate surface area is 132 Å². The van der Waals surface area contributed by atoms with E-state index in [0.717, 1.165) is 10.9 Å². The van der Waals surface area contributed by atoms with E-state index in [1.807, 2.05) is 0 Å². The molecule has 4 unspecified atom stereocenters. The Morgan fingerprint density at radius 3 is 2.83 bits per heavy atom. The summed E-state index contributed by atoms with van der Waals surface area (Å²) in [7, 11) is -4.98. The molecule has 4 atom stereocenters. The van der Waals surface area contributed by atoms with Gasteiger partial charge in [-0.3, -0.25) is 18.9 Å². The van der Waals surface area contributed by atoms with Gasteiger partial charge >= 0.3 is 7.82 Å². The van der Waals surface area contributed by atoms with E-state index in [2.05, 4.69) is 19.5 Å². The van der Waals surface area contributed by atoms with Gasteiger partial charge in [0, 0.05) is 0 Å². The Hall–Kier alpha value is -1.86. The number of nitrogens with two attached hydrogens (primary N) is 1. The van der Waals surface area contributed by atoms with E-state index in [-0.39, 0.29) is 17.1 Å². The van der Waals surface area contributed by atoms with Crippen LogP contribution >= 0.6 is 7.82 Å². The molecule has 3 heterocycles. The molecule has 1 aliphatic heterocycles. The topological polar surface area (TPSA) is 206 Å². The number of rotatable bonds is 4. The molecule has 1 saturated heterocycles. The van der Waals surface area contributed by atoms with E-state index in [1.54, 1.807) is 0 Å². The predicted molar refractivity (Wildman–Crippen MR) is 76.5 cm³/mol. The van der Waals surface area contributed by atoms with Crippen LogP contribution in [0, 0.1) is 0 Å². The first-order valence-corrected chi connectivity index (χ1v) is 8.15. The SMILES string of the molecule is Nc1nc2c(ncn2C2OC(CO)C(O)C2OP(=O)(O)O)c(=O)[nH]1. The second-order valence-corrected chi connectivity index (χ2v) is 6.27. The summed E-state index contributed by atoms with van der Waals surface area (Å²) in [6.45, 7) is -0.624. The molecule has 0 radical (unpaired) electrons. The van der Waals surface area contributed by atoms with Crippen molar-refractivity contribution >= 4 is 24.9 Å². The second kappa shape index (κ2) is 5.89. The Morgan fingerprint density at radius 2 is 2.21 bits per heavy atom. The highest BCUT2D eigenvalue weighted by atomic mass is 31.2. The van der Waals surface area contributed by atoms with Gasteiger partial charge in [0.15, 0.2) is 17.4 Å². The largest absolute Gasteiger partial charge is 0.470 e. The van der Waals surface area contributed by atoms with Crippen LogP contribution in [0.15, 0.2) is 11.1 Å². The third-order valence-electron chi connectivity index (χ3n) is 3.48. The summed E-state index contributed by atoms with van der Waals surface area (Å²) in [5, 5.41) is 19.3. The summed E-state index contributed by atoms with van der Waals surface area (Å²) in [5.74, 6) is -0.209. The van der Waals surface area contributed by atoms with Crippen molar-refractivity contribution < 1.29 is 33.8 Å². The number of hydrogen-bond acceptors (Lipinski definition) is 9. The third-order valence-corrected chi connectivity index (χ3v) is 3.99. The number of nitrogens with one attached hydrogen (secondary N) is 1. The number of anilines is 1. The maximum absolute atomic E-state index is 11.8. The molecule has 1 fully saturated rings. The lowest BCUT2D eigenvalue weighted by Crippen LogP contribution is -2.34. The van der Waals surface area contributed by atoms with E-state index in [1.165, 1.54) is 0 Å². The first-order valence-electron chi connectivity index (χ1n) is 6.62. The van der Waals surface area contributed by atoms with E-state index in [4.69, 9.17) is 20.3 Å². The fourth-order valence-corrected chi connectivity index (χ4v) is 3.04. The zero-order chi connectivity index (χ0) is 17.6. The first kappa shape index (κ1) is 17.0. The molecule has 0 amide bonds. The standard InChI is InChI=1S/C10H14N5O8P/c11-10-13-7-4(8(18)14-10)12-2-15(7)9-6(23-24(19,20)21)5(17)3(1-16)22-9/h2-3,5-6,9,16-17H,1H2,(H2,19,20,21)(H3,11,13,14,18). The van der Waals surface area contributed by atoms with Gasteiger partial charge in [0.25, 0.3) is 5.56 Å². The lowest BCUT2D eigenvalue weighted by molar-refractivity contribution is -0.0505. The van der Waals surface area contributed by atoms with Crippen LogP contribution in [0.2, 0.25) is 0 Å². The number of aliphatic hydroxyl groups excluding tert-OH is 2. The van der Waals surface area contributed by atoms with Gasteiger partial charge in [0.2, 0.25) is 5.95 Å². The number of H-pyrrole nitrogens is 1. The van der Waals surface area contributed by atoms with Crippen molar-refractivity contribution in [2.75, 3.05) is 12.3 Å².